The van der Waals surface area contributed by atoms with Gasteiger partial charge in [-0.3, -0.25) is 4.79 Å². The number of carbonyl (C=O) groups excluding carboxylic acids is 1. The van der Waals surface area contributed by atoms with Gasteiger partial charge in [0.1, 0.15) is 12.4 Å². The van der Waals surface area contributed by atoms with Gasteiger partial charge in [0.05, 0.1) is 13.2 Å². The SMILES string of the molecule is CCCCCCCCCCCCc1ccc(OCC(COP(O)OCCCNCC)OC(=O)CC)cc1. The summed E-state index contributed by atoms with van der Waals surface area (Å²) in [5.74, 6) is 0.383. The van der Waals surface area contributed by atoms with Crippen molar-refractivity contribution in [1.82, 2.24) is 5.32 Å². The third kappa shape index (κ3) is 19.5. The van der Waals surface area contributed by atoms with Crippen LogP contribution in [0.4, 0.5) is 0 Å². The van der Waals surface area contributed by atoms with Crippen molar-refractivity contribution in [2.24, 2.45) is 0 Å². The highest BCUT2D eigenvalue weighted by Gasteiger charge is 2.18. The lowest BCUT2D eigenvalue weighted by Crippen LogP contribution is -2.29. The van der Waals surface area contributed by atoms with E-state index in [4.69, 9.17) is 18.5 Å². The van der Waals surface area contributed by atoms with Crippen LogP contribution in [-0.2, 0) is 25.0 Å². The Morgan fingerprint density at radius 2 is 1.51 bits per heavy atom. The minimum absolute atomic E-state index is 0.0119. The Balaban J connectivity index is 2.27. The van der Waals surface area contributed by atoms with Crippen LogP contribution in [0.2, 0.25) is 0 Å². The Bertz CT molecular complexity index is 660. The quantitative estimate of drug-likeness (QED) is 0.0775. The highest BCUT2D eigenvalue weighted by atomic mass is 31.2. The molecule has 37 heavy (non-hydrogen) atoms. The van der Waals surface area contributed by atoms with Crippen LogP contribution >= 0.6 is 8.60 Å². The average molecular weight is 542 g/mol. The third-order valence-corrected chi connectivity index (χ3v) is 6.86. The second-order valence-corrected chi connectivity index (χ2v) is 10.4. The molecule has 1 rings (SSSR count). The molecule has 0 spiro atoms. The molecule has 0 saturated carbocycles. The van der Waals surface area contributed by atoms with E-state index in [9.17, 15) is 9.69 Å². The van der Waals surface area contributed by atoms with Gasteiger partial charge < -0.3 is 28.7 Å². The third-order valence-electron chi connectivity index (χ3n) is 6.09. The van der Waals surface area contributed by atoms with Crippen LogP contribution in [0.25, 0.3) is 0 Å². The first-order valence-corrected chi connectivity index (χ1v) is 15.6. The van der Waals surface area contributed by atoms with Gasteiger partial charge in [-0.25, -0.2) is 0 Å². The summed E-state index contributed by atoms with van der Waals surface area (Å²) >= 11 is 0. The summed E-state index contributed by atoms with van der Waals surface area (Å²) in [5.41, 5.74) is 1.31. The van der Waals surface area contributed by atoms with Crippen molar-refractivity contribution in [3.8, 4) is 5.75 Å². The van der Waals surface area contributed by atoms with Crippen molar-refractivity contribution >= 4 is 14.6 Å². The molecule has 0 bridgehead atoms. The first-order valence-electron chi connectivity index (χ1n) is 14.5. The van der Waals surface area contributed by atoms with Gasteiger partial charge in [-0.05, 0) is 50.0 Å². The van der Waals surface area contributed by atoms with Gasteiger partial charge >= 0.3 is 14.6 Å². The van der Waals surface area contributed by atoms with Gasteiger partial charge in [0.25, 0.3) is 0 Å². The maximum absolute atomic E-state index is 11.8. The minimum atomic E-state index is -2.02. The monoisotopic (exact) mass is 541 g/mol. The molecule has 214 valence electrons. The summed E-state index contributed by atoms with van der Waals surface area (Å²) in [5, 5.41) is 3.19. The molecule has 0 radical (unpaired) electrons. The van der Waals surface area contributed by atoms with Crippen molar-refractivity contribution < 1.29 is 28.2 Å². The Morgan fingerprint density at radius 3 is 2.14 bits per heavy atom. The van der Waals surface area contributed by atoms with Gasteiger partial charge in [-0.2, -0.15) is 0 Å². The van der Waals surface area contributed by atoms with Crippen molar-refractivity contribution in [1.29, 1.82) is 0 Å². The smallest absolute Gasteiger partial charge is 0.329 e. The molecule has 2 unspecified atom stereocenters. The lowest BCUT2D eigenvalue weighted by molar-refractivity contribution is -0.152. The maximum Gasteiger partial charge on any atom is 0.329 e. The maximum atomic E-state index is 11.8. The Kier molecular flexibility index (Phi) is 21.8. The first kappa shape index (κ1) is 33.8. The zero-order chi connectivity index (χ0) is 27.0. The Labute approximate surface area is 227 Å². The molecule has 0 saturated heterocycles. The molecule has 0 amide bonds. The van der Waals surface area contributed by atoms with Crippen LogP contribution in [0, 0.1) is 0 Å². The second-order valence-electron chi connectivity index (χ2n) is 9.43. The first-order chi connectivity index (χ1) is 18.1. The minimum Gasteiger partial charge on any atom is -0.490 e. The summed E-state index contributed by atoms with van der Waals surface area (Å²) in [6.45, 7) is 8.32. The fraction of sp³-hybridized carbons (Fsp3) is 0.759. The van der Waals surface area contributed by atoms with E-state index in [1.807, 2.05) is 19.1 Å². The lowest BCUT2D eigenvalue weighted by Gasteiger charge is -2.19. The summed E-state index contributed by atoms with van der Waals surface area (Å²) in [6.07, 6.45) is 14.9. The van der Waals surface area contributed by atoms with E-state index in [0.29, 0.717) is 6.61 Å². The van der Waals surface area contributed by atoms with Gasteiger partial charge in [-0.1, -0.05) is 90.7 Å². The van der Waals surface area contributed by atoms with Gasteiger partial charge in [0, 0.05) is 6.42 Å². The van der Waals surface area contributed by atoms with Crippen molar-refractivity contribution in [2.75, 3.05) is 32.9 Å². The zero-order valence-corrected chi connectivity index (χ0v) is 24.4. The van der Waals surface area contributed by atoms with E-state index in [1.165, 1.54) is 69.8 Å². The van der Waals surface area contributed by atoms with E-state index in [1.54, 1.807) is 6.92 Å². The zero-order valence-electron chi connectivity index (χ0n) is 23.6. The van der Waals surface area contributed by atoms with E-state index in [-0.39, 0.29) is 25.6 Å². The normalized spacial score (nSPS) is 12.9. The van der Waals surface area contributed by atoms with Gasteiger partial charge in [0.2, 0.25) is 0 Å². The predicted octanol–water partition coefficient (Wildman–Crippen LogP) is 7.10. The number of aryl methyl sites for hydroxylation is 1. The molecular formula is C29H52NO6P. The van der Waals surface area contributed by atoms with Gasteiger partial charge in [-0.15, -0.1) is 0 Å². The fourth-order valence-electron chi connectivity index (χ4n) is 3.84. The van der Waals surface area contributed by atoms with E-state index in [0.717, 1.165) is 31.7 Å². The fourth-order valence-corrected chi connectivity index (χ4v) is 4.50. The number of hydrogen-bond acceptors (Lipinski definition) is 7. The number of nitrogens with one attached hydrogen (secondary N) is 1. The number of carbonyl (C=O) groups is 1. The summed E-state index contributed by atoms with van der Waals surface area (Å²) < 4.78 is 22.0. The molecule has 7 nitrogen and oxygen atoms in total. The molecule has 2 atom stereocenters. The molecule has 1 aromatic carbocycles. The molecule has 1 aromatic rings. The largest absolute Gasteiger partial charge is 0.490 e. The van der Waals surface area contributed by atoms with E-state index >= 15 is 0 Å². The summed E-state index contributed by atoms with van der Waals surface area (Å²) in [7, 11) is -2.02. The van der Waals surface area contributed by atoms with Gasteiger partial charge in [0.15, 0.2) is 6.10 Å². The molecule has 0 fully saturated rings. The molecular weight excluding hydrogens is 489 g/mol. The number of hydrogen-bond donors (Lipinski definition) is 2. The van der Waals surface area contributed by atoms with E-state index in [2.05, 4.69) is 24.4 Å². The second kappa shape index (κ2) is 23.8. The molecule has 0 aromatic heterocycles. The number of rotatable bonds is 25. The molecule has 0 aliphatic carbocycles. The summed E-state index contributed by atoms with van der Waals surface area (Å²) in [4.78, 5) is 21.8. The Hall–Kier alpha value is -1.24. The number of benzene rings is 1. The number of unbranched alkanes of at least 4 members (excludes halogenated alkanes) is 9. The van der Waals surface area contributed by atoms with Crippen LogP contribution in [0.15, 0.2) is 24.3 Å². The number of esters is 1. The highest BCUT2D eigenvalue weighted by Crippen LogP contribution is 2.33. The lowest BCUT2D eigenvalue weighted by atomic mass is 10.0. The van der Waals surface area contributed by atoms with Crippen LogP contribution < -0.4 is 10.1 Å². The molecule has 0 heterocycles. The average Bonchev–Trinajstić information content (AvgIpc) is 2.91. The topological polar surface area (TPSA) is 86.2 Å². The highest BCUT2D eigenvalue weighted by molar-refractivity contribution is 7.40. The van der Waals surface area contributed by atoms with Crippen LogP contribution in [0.1, 0.15) is 103 Å². The van der Waals surface area contributed by atoms with Crippen LogP contribution in [0.5, 0.6) is 5.75 Å². The predicted molar refractivity (Wildman–Crippen MR) is 152 cm³/mol. The number of ether oxygens (including phenoxy) is 2. The molecule has 2 N–H and O–H groups in total. The van der Waals surface area contributed by atoms with E-state index < -0.39 is 14.7 Å². The Morgan fingerprint density at radius 1 is 0.865 bits per heavy atom. The van der Waals surface area contributed by atoms with Crippen LogP contribution in [-0.4, -0.2) is 49.9 Å². The molecule has 0 aliphatic rings. The van der Waals surface area contributed by atoms with Crippen LogP contribution in [0.3, 0.4) is 0 Å². The summed E-state index contributed by atoms with van der Waals surface area (Å²) in [6, 6.07) is 8.11. The standard InChI is InChI=1S/C29H52NO6P/c1-4-7-8-9-10-11-12-13-14-15-17-26-18-20-27(21-19-26)33-24-28(36-29(31)5-2)25-35-37(32)34-23-16-22-30-6-3/h18-21,28,30,32H,4-17,22-25H2,1-3H3. The van der Waals surface area contributed by atoms with Crippen molar-refractivity contribution in [3.63, 3.8) is 0 Å². The van der Waals surface area contributed by atoms with Crippen molar-refractivity contribution in [3.05, 3.63) is 29.8 Å². The van der Waals surface area contributed by atoms with Crippen molar-refractivity contribution in [2.45, 2.75) is 110 Å². The molecule has 8 heteroatoms. The molecule has 0 aliphatic heterocycles.